The lowest BCUT2D eigenvalue weighted by atomic mass is 10.1. The molecule has 0 aliphatic heterocycles. The Hall–Kier alpha value is -0.410. The highest BCUT2D eigenvalue weighted by atomic mass is 16.1. The van der Waals surface area contributed by atoms with Crippen LogP contribution in [0, 0.1) is 5.92 Å². The van der Waals surface area contributed by atoms with Gasteiger partial charge in [-0.3, -0.25) is 11.7 Å². The van der Waals surface area contributed by atoms with Crippen molar-refractivity contribution in [2.75, 3.05) is 0 Å². The summed E-state index contributed by atoms with van der Waals surface area (Å²) in [6.45, 7) is 5.71. The minimum atomic E-state index is 0.287. The number of Topliss-reactive ketones (excluding diaryl/α,β-unsaturated/α-hetero) is 1. The van der Waals surface area contributed by atoms with Gasteiger partial charge < -0.3 is 4.79 Å². The van der Waals surface area contributed by atoms with Crippen LogP contribution < -0.4 is 11.7 Å². The summed E-state index contributed by atoms with van der Waals surface area (Å²) < 4.78 is 0. The fourth-order valence-corrected chi connectivity index (χ4v) is 0.575. The molecule has 0 atom stereocenters. The molecule has 0 aromatic heterocycles. The predicted octanol–water partition coefficient (Wildman–Crippen LogP) is 0.440. The second-order valence-corrected chi connectivity index (χ2v) is 2.30. The van der Waals surface area contributed by atoms with E-state index in [4.69, 9.17) is 0 Å². The van der Waals surface area contributed by atoms with E-state index in [1.165, 1.54) is 0 Å². The Balaban J connectivity index is 0. The van der Waals surface area contributed by atoms with Crippen LogP contribution in [0.15, 0.2) is 0 Å². The van der Waals surface area contributed by atoms with Crippen LogP contribution in [-0.4, -0.2) is 5.78 Å². The lowest BCUT2D eigenvalue weighted by molar-refractivity contribution is -0.117. The average Bonchev–Trinajstić information content (AvgIpc) is 1.68. The maximum absolute atomic E-state index is 10.3. The van der Waals surface area contributed by atoms with Crippen molar-refractivity contribution < 1.29 is 4.79 Å². The van der Waals surface area contributed by atoms with E-state index in [2.05, 4.69) is 11.7 Å². The van der Waals surface area contributed by atoms with Crippen molar-refractivity contribution in [3.63, 3.8) is 0 Å². The van der Waals surface area contributed by atoms with Gasteiger partial charge in [0.25, 0.3) is 0 Å². The third-order valence-corrected chi connectivity index (χ3v) is 0.696. The molecule has 3 heteroatoms. The molecule has 0 unspecified atom stereocenters. The molecule has 0 heterocycles. The predicted molar refractivity (Wildman–Crippen MR) is 38.5 cm³/mol. The quantitative estimate of drug-likeness (QED) is 0.423. The van der Waals surface area contributed by atoms with Gasteiger partial charge in [0.15, 0.2) is 0 Å². The number of ketones is 1. The third-order valence-electron chi connectivity index (χ3n) is 0.696. The van der Waals surface area contributed by atoms with Gasteiger partial charge in [-0.1, -0.05) is 13.8 Å². The smallest absolute Gasteiger partial charge is 0.130 e. The average molecular weight is 132 g/mol. The number of rotatable bonds is 2. The summed E-state index contributed by atoms with van der Waals surface area (Å²) >= 11 is 0. The SMILES string of the molecule is CC(=O)CC(C)C.NN. The molecular formula is C6H16N2O. The van der Waals surface area contributed by atoms with E-state index in [-0.39, 0.29) is 5.78 Å². The topological polar surface area (TPSA) is 69.1 Å². The van der Waals surface area contributed by atoms with Crippen molar-refractivity contribution >= 4 is 5.78 Å². The summed E-state index contributed by atoms with van der Waals surface area (Å²) in [5, 5.41) is 0. The molecule has 0 saturated heterocycles. The number of nitrogens with two attached hydrogens (primary N) is 2. The van der Waals surface area contributed by atoms with Crippen LogP contribution in [-0.2, 0) is 4.79 Å². The van der Waals surface area contributed by atoms with Gasteiger partial charge in [-0.05, 0) is 12.8 Å². The number of carbonyl (C=O) groups excluding carboxylic acids is 1. The maximum Gasteiger partial charge on any atom is 0.130 e. The van der Waals surface area contributed by atoms with E-state index in [9.17, 15) is 4.79 Å². The highest BCUT2D eigenvalue weighted by Gasteiger charge is 1.95. The minimum absolute atomic E-state index is 0.287. The van der Waals surface area contributed by atoms with Crippen molar-refractivity contribution in [1.82, 2.24) is 0 Å². The summed E-state index contributed by atoms with van der Waals surface area (Å²) in [6.07, 6.45) is 0.722. The van der Waals surface area contributed by atoms with Crippen molar-refractivity contribution in [2.24, 2.45) is 17.6 Å². The monoisotopic (exact) mass is 132 g/mol. The molecule has 56 valence electrons. The zero-order valence-corrected chi connectivity index (χ0v) is 6.35. The second-order valence-electron chi connectivity index (χ2n) is 2.30. The first-order chi connectivity index (χ1) is 4.13. The number of hydrogen-bond acceptors (Lipinski definition) is 3. The Morgan fingerprint density at radius 3 is 1.78 bits per heavy atom. The Morgan fingerprint density at radius 1 is 1.44 bits per heavy atom. The van der Waals surface area contributed by atoms with Crippen LogP contribution >= 0.6 is 0 Å². The summed E-state index contributed by atoms with van der Waals surface area (Å²) in [5.41, 5.74) is 0. The molecule has 0 aromatic rings. The molecule has 3 nitrogen and oxygen atoms in total. The second kappa shape index (κ2) is 7.59. The van der Waals surface area contributed by atoms with E-state index in [0.717, 1.165) is 6.42 Å². The summed E-state index contributed by atoms with van der Waals surface area (Å²) in [6, 6.07) is 0. The van der Waals surface area contributed by atoms with Gasteiger partial charge in [0.1, 0.15) is 5.78 Å². The Labute approximate surface area is 56.4 Å². The zero-order chi connectivity index (χ0) is 7.86. The van der Waals surface area contributed by atoms with E-state index >= 15 is 0 Å². The molecule has 0 aromatic carbocycles. The molecule has 0 aliphatic carbocycles. The fourth-order valence-electron chi connectivity index (χ4n) is 0.575. The highest BCUT2D eigenvalue weighted by molar-refractivity contribution is 5.75. The number of hydrogen-bond donors (Lipinski definition) is 2. The third kappa shape index (κ3) is 18.4. The van der Waals surface area contributed by atoms with Crippen molar-refractivity contribution in [2.45, 2.75) is 27.2 Å². The minimum Gasteiger partial charge on any atom is -0.300 e. The van der Waals surface area contributed by atoms with Crippen molar-refractivity contribution in [3.05, 3.63) is 0 Å². The molecule has 0 amide bonds. The maximum atomic E-state index is 10.3. The van der Waals surface area contributed by atoms with Gasteiger partial charge >= 0.3 is 0 Å². The van der Waals surface area contributed by atoms with Gasteiger partial charge in [-0.2, -0.15) is 0 Å². The van der Waals surface area contributed by atoms with E-state index in [1.54, 1.807) is 6.92 Å². The molecular weight excluding hydrogens is 116 g/mol. The molecule has 0 fully saturated rings. The first kappa shape index (κ1) is 11.4. The lowest BCUT2D eigenvalue weighted by Crippen LogP contribution is -2.02. The number of hydrazine groups is 1. The van der Waals surface area contributed by atoms with Crippen LogP contribution in [0.2, 0.25) is 0 Å². The van der Waals surface area contributed by atoms with Crippen LogP contribution in [0.1, 0.15) is 27.2 Å². The first-order valence-electron chi connectivity index (χ1n) is 2.95. The fraction of sp³-hybridized carbons (Fsp3) is 0.833. The first-order valence-corrected chi connectivity index (χ1v) is 2.95. The zero-order valence-electron chi connectivity index (χ0n) is 6.35. The normalized spacial score (nSPS) is 8.22. The Kier molecular flexibility index (Phi) is 9.61. The Bertz CT molecular complexity index is 71.5. The van der Waals surface area contributed by atoms with Gasteiger partial charge in [-0.15, -0.1) is 0 Å². The largest absolute Gasteiger partial charge is 0.300 e. The molecule has 0 aliphatic rings. The van der Waals surface area contributed by atoms with Crippen molar-refractivity contribution in [3.8, 4) is 0 Å². The molecule has 0 saturated carbocycles. The molecule has 0 spiro atoms. The van der Waals surface area contributed by atoms with Gasteiger partial charge in [0.2, 0.25) is 0 Å². The highest BCUT2D eigenvalue weighted by Crippen LogP contribution is 1.97. The summed E-state index contributed by atoms with van der Waals surface area (Å²) in [7, 11) is 0. The van der Waals surface area contributed by atoms with E-state index in [1.807, 2.05) is 13.8 Å². The summed E-state index contributed by atoms with van der Waals surface area (Å²) in [5.74, 6) is 8.81. The molecule has 4 N–H and O–H groups in total. The van der Waals surface area contributed by atoms with Crippen LogP contribution in [0.4, 0.5) is 0 Å². The molecule has 0 rings (SSSR count). The van der Waals surface area contributed by atoms with Crippen LogP contribution in [0.5, 0.6) is 0 Å². The van der Waals surface area contributed by atoms with Gasteiger partial charge in [0, 0.05) is 6.42 Å². The Morgan fingerprint density at radius 2 is 1.78 bits per heavy atom. The molecule has 9 heavy (non-hydrogen) atoms. The molecule has 0 bridgehead atoms. The van der Waals surface area contributed by atoms with Crippen LogP contribution in [0.25, 0.3) is 0 Å². The summed E-state index contributed by atoms with van der Waals surface area (Å²) in [4.78, 5) is 10.3. The van der Waals surface area contributed by atoms with Gasteiger partial charge in [0.05, 0.1) is 0 Å². The molecule has 0 radical (unpaired) electrons. The van der Waals surface area contributed by atoms with Gasteiger partial charge in [-0.25, -0.2) is 0 Å². The van der Waals surface area contributed by atoms with Crippen molar-refractivity contribution in [1.29, 1.82) is 0 Å². The standard InChI is InChI=1S/C6H12O.H4N2/c1-5(2)4-6(3)7;1-2/h5H,4H2,1-3H3;1-2H2. The van der Waals surface area contributed by atoms with E-state index < -0.39 is 0 Å². The lowest BCUT2D eigenvalue weighted by Gasteiger charge is -1.95. The van der Waals surface area contributed by atoms with E-state index in [0.29, 0.717) is 5.92 Å². The van der Waals surface area contributed by atoms with Crippen LogP contribution in [0.3, 0.4) is 0 Å². The number of carbonyl (C=O) groups is 1.